The highest BCUT2D eigenvalue weighted by atomic mass is 15.3. The summed E-state index contributed by atoms with van der Waals surface area (Å²) in [6.45, 7) is 4.00. The van der Waals surface area contributed by atoms with Crippen LogP contribution in [0.3, 0.4) is 0 Å². The van der Waals surface area contributed by atoms with E-state index in [1.807, 2.05) is 59.8 Å². The summed E-state index contributed by atoms with van der Waals surface area (Å²) >= 11 is 0. The van der Waals surface area contributed by atoms with Gasteiger partial charge in [0.15, 0.2) is 0 Å². The first-order valence-electron chi connectivity index (χ1n) is 9.77. The molecule has 0 spiro atoms. The molecule has 0 aromatic carbocycles. The van der Waals surface area contributed by atoms with E-state index >= 15 is 0 Å². The van der Waals surface area contributed by atoms with Crippen molar-refractivity contribution >= 4 is 17.2 Å². The molecule has 0 saturated heterocycles. The van der Waals surface area contributed by atoms with Gasteiger partial charge in [0.05, 0.1) is 11.7 Å². The molecule has 1 aliphatic rings. The first-order chi connectivity index (χ1) is 13.4. The fraction of sp³-hybridized carbons (Fsp3) is 0.400. The van der Waals surface area contributed by atoms with Crippen molar-refractivity contribution in [2.24, 2.45) is 0 Å². The summed E-state index contributed by atoms with van der Waals surface area (Å²) in [4.78, 5) is 13.1. The zero-order valence-corrected chi connectivity index (χ0v) is 15.8. The Hall–Kier alpha value is -2.96. The van der Waals surface area contributed by atoms with Crippen molar-refractivity contribution in [2.75, 3.05) is 5.32 Å². The van der Waals surface area contributed by atoms with Crippen molar-refractivity contribution in [3.63, 3.8) is 0 Å². The van der Waals surface area contributed by atoms with E-state index in [9.17, 15) is 0 Å². The third-order valence-corrected chi connectivity index (χ3v) is 4.91. The van der Waals surface area contributed by atoms with Crippen LogP contribution in [0, 0.1) is 0 Å². The van der Waals surface area contributed by atoms with Gasteiger partial charge in [-0.15, -0.1) is 5.10 Å². The van der Waals surface area contributed by atoms with Crippen molar-refractivity contribution in [2.45, 2.75) is 52.0 Å². The maximum atomic E-state index is 4.62. The van der Waals surface area contributed by atoms with Gasteiger partial charge < -0.3 is 5.32 Å². The minimum Gasteiger partial charge on any atom is -0.350 e. The van der Waals surface area contributed by atoms with Crippen LogP contribution in [0.2, 0.25) is 0 Å². The SMILES string of the molecule is CC.c1cn2cc(-c3ccn4nc(NC5CCCCC5)ncc34)cnc2n1. The highest BCUT2D eigenvalue weighted by Crippen LogP contribution is 2.25. The van der Waals surface area contributed by atoms with Crippen LogP contribution in [0.1, 0.15) is 46.0 Å². The molecular formula is C20H25N7. The van der Waals surface area contributed by atoms with Gasteiger partial charge in [0.2, 0.25) is 11.7 Å². The number of nitrogens with one attached hydrogen (secondary N) is 1. The summed E-state index contributed by atoms with van der Waals surface area (Å²) in [6.07, 6.45) is 17.7. The summed E-state index contributed by atoms with van der Waals surface area (Å²) < 4.78 is 3.80. The highest BCUT2D eigenvalue weighted by molar-refractivity contribution is 5.79. The number of hydrogen-bond acceptors (Lipinski definition) is 5. The maximum Gasteiger partial charge on any atom is 0.241 e. The Labute approximate surface area is 158 Å². The van der Waals surface area contributed by atoms with Gasteiger partial charge in [0.1, 0.15) is 0 Å². The third-order valence-electron chi connectivity index (χ3n) is 4.91. The van der Waals surface area contributed by atoms with Crippen LogP contribution in [0.15, 0.2) is 43.2 Å². The van der Waals surface area contributed by atoms with E-state index in [2.05, 4.69) is 25.4 Å². The van der Waals surface area contributed by atoms with Crippen LogP contribution in [0.25, 0.3) is 22.4 Å². The van der Waals surface area contributed by atoms with E-state index in [0.29, 0.717) is 17.8 Å². The zero-order valence-electron chi connectivity index (χ0n) is 15.8. The Balaban J connectivity index is 0.000000872. The Bertz CT molecular complexity index is 1030. The number of anilines is 1. The predicted octanol–water partition coefficient (Wildman–Crippen LogP) is 4.21. The van der Waals surface area contributed by atoms with E-state index in [0.717, 1.165) is 16.6 Å². The number of hydrogen-bond donors (Lipinski definition) is 1. The number of nitrogens with zero attached hydrogens (tertiary/aromatic N) is 6. The van der Waals surface area contributed by atoms with Crippen LogP contribution < -0.4 is 5.32 Å². The Kier molecular flexibility index (Phi) is 5.00. The fourth-order valence-corrected chi connectivity index (χ4v) is 3.60. The molecule has 0 aliphatic heterocycles. The third kappa shape index (κ3) is 3.49. The standard InChI is InChI=1S/C18H19N7.C2H6/c1-2-4-14(5-3-1)22-17-20-11-16-15(6-8-25(16)23-17)13-10-21-18-19-7-9-24(18)12-13;1-2/h6-12,14H,1-5H2,(H,22,23);1-2H3. The lowest BCUT2D eigenvalue weighted by molar-refractivity contribution is 0.460. The molecule has 4 aromatic heterocycles. The van der Waals surface area contributed by atoms with Gasteiger partial charge in [0.25, 0.3) is 0 Å². The molecule has 27 heavy (non-hydrogen) atoms. The lowest BCUT2D eigenvalue weighted by Gasteiger charge is -2.22. The van der Waals surface area contributed by atoms with Crippen molar-refractivity contribution in [1.29, 1.82) is 0 Å². The van der Waals surface area contributed by atoms with Crippen molar-refractivity contribution in [1.82, 2.24) is 29.0 Å². The molecular weight excluding hydrogens is 338 g/mol. The monoisotopic (exact) mass is 363 g/mol. The maximum absolute atomic E-state index is 4.62. The lowest BCUT2D eigenvalue weighted by Crippen LogP contribution is -2.23. The molecule has 0 radical (unpaired) electrons. The normalized spacial score (nSPS) is 14.9. The Morgan fingerprint density at radius 2 is 1.85 bits per heavy atom. The van der Waals surface area contributed by atoms with Crippen LogP contribution in [-0.4, -0.2) is 35.0 Å². The molecule has 0 unspecified atom stereocenters. The van der Waals surface area contributed by atoms with Crippen LogP contribution in [0.4, 0.5) is 5.95 Å². The van der Waals surface area contributed by atoms with Gasteiger partial charge in [0, 0.05) is 48.2 Å². The molecule has 4 heterocycles. The predicted molar refractivity (Wildman–Crippen MR) is 107 cm³/mol. The first-order valence-corrected chi connectivity index (χ1v) is 9.77. The second kappa shape index (κ2) is 7.73. The first kappa shape index (κ1) is 17.5. The number of rotatable bonds is 3. The summed E-state index contributed by atoms with van der Waals surface area (Å²) in [5.41, 5.74) is 3.05. The van der Waals surface area contributed by atoms with E-state index in [1.165, 1.54) is 32.1 Å². The van der Waals surface area contributed by atoms with Gasteiger partial charge in [-0.05, 0) is 18.9 Å². The Morgan fingerprint density at radius 3 is 2.70 bits per heavy atom. The fourth-order valence-electron chi connectivity index (χ4n) is 3.60. The average Bonchev–Trinajstić information content (AvgIpc) is 3.36. The summed E-state index contributed by atoms with van der Waals surface area (Å²) in [7, 11) is 0. The number of fused-ring (bicyclic) bond motifs is 2. The van der Waals surface area contributed by atoms with E-state index < -0.39 is 0 Å². The molecule has 5 rings (SSSR count). The Morgan fingerprint density at radius 1 is 1.00 bits per heavy atom. The van der Waals surface area contributed by atoms with E-state index in [-0.39, 0.29) is 0 Å². The van der Waals surface area contributed by atoms with Crippen LogP contribution >= 0.6 is 0 Å². The second-order valence-corrected chi connectivity index (χ2v) is 6.60. The van der Waals surface area contributed by atoms with Gasteiger partial charge >= 0.3 is 0 Å². The van der Waals surface area contributed by atoms with Gasteiger partial charge in [-0.3, -0.25) is 4.40 Å². The molecule has 1 N–H and O–H groups in total. The minimum atomic E-state index is 0.495. The molecule has 0 bridgehead atoms. The molecule has 1 fully saturated rings. The molecule has 140 valence electrons. The van der Waals surface area contributed by atoms with Gasteiger partial charge in [-0.1, -0.05) is 33.1 Å². The van der Waals surface area contributed by atoms with Gasteiger partial charge in [-0.25, -0.2) is 19.5 Å². The topological polar surface area (TPSA) is 72.4 Å². The lowest BCUT2D eigenvalue weighted by atomic mass is 9.96. The molecule has 0 atom stereocenters. The van der Waals surface area contributed by atoms with E-state index in [4.69, 9.17) is 0 Å². The molecule has 7 heteroatoms. The zero-order chi connectivity index (χ0) is 18.6. The smallest absolute Gasteiger partial charge is 0.241 e. The quantitative estimate of drug-likeness (QED) is 0.590. The van der Waals surface area contributed by atoms with Crippen molar-refractivity contribution in [3.05, 3.63) is 43.2 Å². The van der Waals surface area contributed by atoms with Gasteiger partial charge in [-0.2, -0.15) is 0 Å². The molecule has 7 nitrogen and oxygen atoms in total. The van der Waals surface area contributed by atoms with E-state index in [1.54, 1.807) is 6.20 Å². The van der Waals surface area contributed by atoms with Crippen molar-refractivity contribution < 1.29 is 0 Å². The van der Waals surface area contributed by atoms with Crippen molar-refractivity contribution in [3.8, 4) is 11.1 Å². The summed E-state index contributed by atoms with van der Waals surface area (Å²) in [5.74, 6) is 1.40. The van der Waals surface area contributed by atoms with Crippen LogP contribution in [-0.2, 0) is 0 Å². The highest BCUT2D eigenvalue weighted by Gasteiger charge is 2.15. The largest absolute Gasteiger partial charge is 0.350 e. The molecule has 1 saturated carbocycles. The number of imidazole rings is 1. The molecule has 1 aliphatic carbocycles. The molecule has 4 aromatic rings. The average molecular weight is 363 g/mol. The minimum absolute atomic E-state index is 0.495. The number of aromatic nitrogens is 6. The van der Waals surface area contributed by atoms with Crippen LogP contribution in [0.5, 0.6) is 0 Å². The second-order valence-electron chi connectivity index (χ2n) is 6.60. The molecule has 0 amide bonds. The summed E-state index contributed by atoms with van der Waals surface area (Å²) in [6, 6.07) is 2.54. The summed E-state index contributed by atoms with van der Waals surface area (Å²) in [5, 5.41) is 8.10.